The fraction of sp³-hybridized carbons (Fsp3) is 0.0638. The minimum atomic E-state index is -0.184. The van der Waals surface area contributed by atoms with Crippen molar-refractivity contribution in [1.82, 2.24) is 15.0 Å². The molecule has 0 bridgehead atoms. The van der Waals surface area contributed by atoms with Crippen molar-refractivity contribution in [2.24, 2.45) is 0 Å². The Morgan fingerprint density at radius 3 is 1.61 bits per heavy atom. The van der Waals surface area contributed by atoms with E-state index in [1.165, 1.54) is 11.1 Å². The number of rotatable bonds is 5. The van der Waals surface area contributed by atoms with Crippen LogP contribution in [0, 0.1) is 11.3 Å². The topological polar surface area (TPSA) is 62.5 Å². The van der Waals surface area contributed by atoms with Crippen LogP contribution in [-0.2, 0) is 5.41 Å². The molecule has 1 heterocycles. The first-order valence-electron chi connectivity index (χ1n) is 17.2. The molecule has 0 atom stereocenters. The van der Waals surface area contributed by atoms with Crippen LogP contribution >= 0.6 is 0 Å². The van der Waals surface area contributed by atoms with E-state index in [1.54, 1.807) is 0 Å². The monoisotopic (exact) mass is 652 g/mol. The average Bonchev–Trinajstić information content (AvgIpc) is 3.43. The maximum absolute atomic E-state index is 9.84. The van der Waals surface area contributed by atoms with E-state index >= 15 is 0 Å². The molecule has 9 rings (SSSR count). The fourth-order valence-corrected chi connectivity index (χ4v) is 7.58. The van der Waals surface area contributed by atoms with Crippen molar-refractivity contribution in [1.29, 1.82) is 5.26 Å². The van der Waals surface area contributed by atoms with Crippen molar-refractivity contribution in [2.45, 2.75) is 19.3 Å². The van der Waals surface area contributed by atoms with Gasteiger partial charge in [-0.25, -0.2) is 15.0 Å². The van der Waals surface area contributed by atoms with E-state index in [-0.39, 0.29) is 5.41 Å². The first-order chi connectivity index (χ1) is 25.0. The van der Waals surface area contributed by atoms with E-state index < -0.39 is 0 Å². The van der Waals surface area contributed by atoms with Crippen LogP contribution in [0.1, 0.15) is 30.5 Å². The zero-order valence-electron chi connectivity index (χ0n) is 28.3. The molecule has 0 saturated carbocycles. The lowest BCUT2D eigenvalue weighted by molar-refractivity contribution is 0.660. The molecule has 51 heavy (non-hydrogen) atoms. The van der Waals surface area contributed by atoms with Gasteiger partial charge in [-0.3, -0.25) is 0 Å². The highest BCUT2D eigenvalue weighted by Gasteiger charge is 2.37. The van der Waals surface area contributed by atoms with Crippen LogP contribution in [0.2, 0.25) is 0 Å². The number of hydrogen-bond donors (Lipinski definition) is 0. The van der Waals surface area contributed by atoms with Crippen LogP contribution < -0.4 is 0 Å². The van der Waals surface area contributed by atoms with Gasteiger partial charge in [-0.2, -0.15) is 5.26 Å². The Balaban J connectivity index is 1.11. The summed E-state index contributed by atoms with van der Waals surface area (Å²) in [7, 11) is 0. The summed E-state index contributed by atoms with van der Waals surface area (Å²) in [6, 6.07) is 57.0. The zero-order valence-corrected chi connectivity index (χ0v) is 28.3. The Hall–Kier alpha value is -6.70. The third-order valence-corrected chi connectivity index (χ3v) is 10.2. The van der Waals surface area contributed by atoms with Crippen LogP contribution in [-0.4, -0.2) is 15.0 Å². The summed E-state index contributed by atoms with van der Waals surface area (Å²) in [5.41, 5.74) is 12.7. The third kappa shape index (κ3) is 5.10. The van der Waals surface area contributed by atoms with Gasteiger partial charge < -0.3 is 0 Å². The molecule has 0 saturated heterocycles. The summed E-state index contributed by atoms with van der Waals surface area (Å²) in [6.07, 6.45) is 0. The average molecular weight is 653 g/mol. The molecule has 0 radical (unpaired) electrons. The van der Waals surface area contributed by atoms with Gasteiger partial charge in [-0.05, 0) is 67.9 Å². The number of fused-ring (bicyclic) bond motifs is 4. The van der Waals surface area contributed by atoms with Crippen molar-refractivity contribution in [3.8, 4) is 73.6 Å². The normalized spacial score (nSPS) is 12.6. The molecule has 4 heteroatoms. The second-order valence-corrected chi connectivity index (χ2v) is 13.5. The number of nitrogens with zero attached hydrogens (tertiary/aromatic N) is 4. The lowest BCUT2D eigenvalue weighted by atomic mass is 9.81. The lowest BCUT2D eigenvalue weighted by Crippen LogP contribution is -2.15. The molecular weight excluding hydrogens is 621 g/mol. The van der Waals surface area contributed by atoms with Gasteiger partial charge in [-0.1, -0.05) is 153 Å². The Morgan fingerprint density at radius 1 is 0.431 bits per heavy atom. The van der Waals surface area contributed by atoms with Crippen LogP contribution in [0.25, 0.3) is 78.3 Å². The second kappa shape index (κ2) is 12.0. The number of nitriles is 1. The predicted molar refractivity (Wildman–Crippen MR) is 207 cm³/mol. The van der Waals surface area contributed by atoms with Crippen molar-refractivity contribution >= 4 is 10.8 Å². The van der Waals surface area contributed by atoms with Crippen LogP contribution in [0.15, 0.2) is 158 Å². The molecule has 0 spiro atoms. The third-order valence-electron chi connectivity index (χ3n) is 10.2. The summed E-state index contributed by atoms with van der Waals surface area (Å²) in [5, 5.41) is 12.1. The lowest BCUT2D eigenvalue weighted by Gasteiger charge is -2.22. The SMILES string of the molecule is CC1(C)c2cc(-c3ccc(-c4ccc(-c5nc(-c6ccccc6)nc(-c6ccccc6)n5)c5ccccc45)cc3)ccc2-c2c(C#N)cccc21. The Labute approximate surface area is 297 Å². The van der Waals surface area contributed by atoms with Crippen molar-refractivity contribution < 1.29 is 0 Å². The Kier molecular flexibility index (Phi) is 7.15. The van der Waals surface area contributed by atoms with Crippen molar-refractivity contribution in [3.05, 3.63) is 174 Å². The molecule has 240 valence electrons. The van der Waals surface area contributed by atoms with E-state index in [0.717, 1.165) is 66.4 Å². The molecule has 0 amide bonds. The van der Waals surface area contributed by atoms with Gasteiger partial charge in [0.25, 0.3) is 0 Å². The second-order valence-electron chi connectivity index (χ2n) is 13.5. The largest absolute Gasteiger partial charge is 0.208 e. The first kappa shape index (κ1) is 30.4. The molecule has 0 fully saturated rings. The summed E-state index contributed by atoms with van der Waals surface area (Å²) >= 11 is 0. The highest BCUT2D eigenvalue weighted by Crippen LogP contribution is 2.51. The van der Waals surface area contributed by atoms with E-state index in [4.69, 9.17) is 15.0 Å². The van der Waals surface area contributed by atoms with E-state index in [0.29, 0.717) is 17.5 Å². The van der Waals surface area contributed by atoms with Gasteiger partial charge in [0, 0.05) is 27.7 Å². The van der Waals surface area contributed by atoms with Crippen molar-refractivity contribution in [2.75, 3.05) is 0 Å². The highest BCUT2D eigenvalue weighted by molar-refractivity contribution is 6.04. The van der Waals surface area contributed by atoms with Gasteiger partial charge in [0.2, 0.25) is 0 Å². The highest BCUT2D eigenvalue weighted by atomic mass is 15.0. The zero-order chi connectivity index (χ0) is 34.5. The minimum absolute atomic E-state index is 0.184. The summed E-state index contributed by atoms with van der Waals surface area (Å²) in [6.45, 7) is 4.50. The molecule has 4 nitrogen and oxygen atoms in total. The standard InChI is InChI=1S/C47H32N4/c1-47(2)41-19-11-16-35(29-48)43(41)40-25-24-34(28-42(40)47)30-20-22-31(23-21-30)36-26-27-39(38-18-10-9-17-37(36)38)46-50-44(32-12-5-3-6-13-32)49-45(51-46)33-14-7-4-8-15-33/h3-28H,1-2H3. The number of hydrogen-bond acceptors (Lipinski definition) is 4. The molecule has 1 aliphatic rings. The van der Waals surface area contributed by atoms with E-state index in [9.17, 15) is 5.26 Å². The van der Waals surface area contributed by atoms with Crippen LogP contribution in [0.4, 0.5) is 0 Å². The maximum Gasteiger partial charge on any atom is 0.164 e. The van der Waals surface area contributed by atoms with Gasteiger partial charge in [0.05, 0.1) is 11.6 Å². The molecule has 1 aromatic heterocycles. The smallest absolute Gasteiger partial charge is 0.164 e. The maximum atomic E-state index is 9.84. The van der Waals surface area contributed by atoms with Crippen LogP contribution in [0.3, 0.4) is 0 Å². The molecule has 0 unspecified atom stereocenters. The minimum Gasteiger partial charge on any atom is -0.208 e. The van der Waals surface area contributed by atoms with Crippen LogP contribution in [0.5, 0.6) is 0 Å². The summed E-state index contributed by atoms with van der Waals surface area (Å²) in [4.78, 5) is 14.9. The van der Waals surface area contributed by atoms with Gasteiger partial charge >= 0.3 is 0 Å². The number of aromatic nitrogens is 3. The predicted octanol–water partition coefficient (Wildman–Crippen LogP) is 11.5. The molecule has 8 aromatic rings. The Morgan fingerprint density at radius 2 is 0.961 bits per heavy atom. The van der Waals surface area contributed by atoms with Gasteiger partial charge in [0.1, 0.15) is 0 Å². The molecule has 0 N–H and O–H groups in total. The van der Waals surface area contributed by atoms with Gasteiger partial charge in [-0.15, -0.1) is 0 Å². The van der Waals surface area contributed by atoms with E-state index in [2.05, 4.69) is 105 Å². The fourth-order valence-electron chi connectivity index (χ4n) is 7.58. The van der Waals surface area contributed by atoms with E-state index in [1.807, 2.05) is 72.8 Å². The van der Waals surface area contributed by atoms with Crippen molar-refractivity contribution in [3.63, 3.8) is 0 Å². The Bertz CT molecular complexity index is 2600. The molecule has 7 aromatic carbocycles. The number of benzene rings is 7. The first-order valence-corrected chi connectivity index (χ1v) is 17.2. The molecular formula is C47H32N4. The van der Waals surface area contributed by atoms with Gasteiger partial charge in [0.15, 0.2) is 17.5 Å². The summed E-state index contributed by atoms with van der Waals surface area (Å²) < 4.78 is 0. The molecule has 0 aliphatic heterocycles. The molecule has 1 aliphatic carbocycles. The quantitative estimate of drug-likeness (QED) is 0.186. The summed E-state index contributed by atoms with van der Waals surface area (Å²) in [5.74, 6) is 1.93.